The summed E-state index contributed by atoms with van der Waals surface area (Å²) in [6.07, 6.45) is 1.48. The molecule has 2 aromatic rings. The molecule has 0 saturated carbocycles. The summed E-state index contributed by atoms with van der Waals surface area (Å²) in [6, 6.07) is 3.99. The fraction of sp³-hybridized carbons (Fsp3) is 0.333. The fourth-order valence-corrected chi connectivity index (χ4v) is 2.78. The Hall–Kier alpha value is -1.99. The molecule has 0 unspecified atom stereocenters. The summed E-state index contributed by atoms with van der Waals surface area (Å²) in [7, 11) is 0. The molecule has 1 atom stereocenters. The summed E-state index contributed by atoms with van der Waals surface area (Å²) in [5.41, 5.74) is -1.93. The molecule has 0 radical (unpaired) electrons. The maximum Gasteiger partial charge on any atom is 0.333 e. The van der Waals surface area contributed by atoms with Gasteiger partial charge in [0, 0.05) is 17.2 Å². The number of halogens is 3. The molecule has 1 fully saturated rings. The van der Waals surface area contributed by atoms with E-state index in [1.165, 1.54) is 12.1 Å². The van der Waals surface area contributed by atoms with E-state index in [9.17, 15) is 18.4 Å². The topological polar surface area (TPSA) is 53.2 Å². The Morgan fingerprint density at radius 2 is 2.04 bits per heavy atom. The molecule has 0 N–H and O–H groups in total. The third-order valence-corrected chi connectivity index (χ3v) is 4.10. The molecule has 122 valence electrons. The lowest BCUT2D eigenvalue weighted by Crippen LogP contribution is -2.42. The molecule has 1 aliphatic heterocycles. The predicted molar refractivity (Wildman–Crippen MR) is 79.7 cm³/mol. The number of ether oxygens (including phenoxy) is 1. The van der Waals surface area contributed by atoms with Crippen molar-refractivity contribution in [3.63, 3.8) is 0 Å². The van der Waals surface area contributed by atoms with Crippen molar-refractivity contribution in [2.24, 2.45) is 0 Å². The molecule has 1 aromatic heterocycles. The van der Waals surface area contributed by atoms with Crippen LogP contribution in [-0.4, -0.2) is 15.7 Å². The summed E-state index contributed by atoms with van der Waals surface area (Å²) in [6.45, 7) is 0.00461. The highest BCUT2D eigenvalue weighted by molar-refractivity contribution is 6.31. The molecule has 0 aliphatic carbocycles. The van der Waals surface area contributed by atoms with E-state index in [0.717, 1.165) is 23.3 Å². The van der Waals surface area contributed by atoms with Gasteiger partial charge in [-0.1, -0.05) is 17.7 Å². The second kappa shape index (κ2) is 6.25. The van der Waals surface area contributed by atoms with Crippen molar-refractivity contribution in [3.8, 4) is 0 Å². The maximum absolute atomic E-state index is 13.9. The van der Waals surface area contributed by atoms with Gasteiger partial charge in [-0.15, -0.1) is 0 Å². The molecular formula is C15H13ClF2N2O3. The maximum atomic E-state index is 13.9. The second-order valence-corrected chi connectivity index (χ2v) is 5.63. The van der Waals surface area contributed by atoms with Crippen molar-refractivity contribution >= 4 is 11.6 Å². The molecule has 0 amide bonds. The van der Waals surface area contributed by atoms with Gasteiger partial charge in [0.05, 0.1) is 12.7 Å². The Labute approximate surface area is 134 Å². The molecule has 8 heteroatoms. The standard InChI is InChI=1S/C15H13ClF2N2O3/c16-10-3-1-4-11(17)9(10)7-20-14(21)12(18)8-19(15(20)22)13-5-2-6-23-13/h1,3-4,8,13H,2,5-7H2/t13-/m1/s1. The molecule has 1 aromatic carbocycles. The van der Waals surface area contributed by atoms with Crippen LogP contribution in [0.4, 0.5) is 8.78 Å². The predicted octanol–water partition coefficient (Wildman–Crippen LogP) is 2.30. The van der Waals surface area contributed by atoms with E-state index >= 15 is 0 Å². The summed E-state index contributed by atoms with van der Waals surface area (Å²) >= 11 is 5.91. The van der Waals surface area contributed by atoms with Crippen molar-refractivity contribution in [3.05, 3.63) is 67.5 Å². The zero-order chi connectivity index (χ0) is 16.6. The van der Waals surface area contributed by atoms with Gasteiger partial charge in [-0.25, -0.2) is 9.18 Å². The largest absolute Gasteiger partial charge is 0.358 e. The van der Waals surface area contributed by atoms with Crippen LogP contribution in [-0.2, 0) is 11.3 Å². The summed E-state index contributed by atoms with van der Waals surface area (Å²) < 4.78 is 34.8. The van der Waals surface area contributed by atoms with Crippen LogP contribution in [0.15, 0.2) is 34.0 Å². The lowest BCUT2D eigenvalue weighted by atomic mass is 10.2. The molecule has 3 rings (SSSR count). The minimum absolute atomic E-state index is 0.0437. The van der Waals surface area contributed by atoms with Crippen LogP contribution in [0.2, 0.25) is 5.02 Å². The quantitative estimate of drug-likeness (QED) is 0.860. The summed E-state index contributed by atoms with van der Waals surface area (Å²) in [4.78, 5) is 24.4. The second-order valence-electron chi connectivity index (χ2n) is 5.23. The van der Waals surface area contributed by atoms with Gasteiger partial charge in [0.1, 0.15) is 12.0 Å². The van der Waals surface area contributed by atoms with Gasteiger partial charge in [-0.2, -0.15) is 4.39 Å². The number of hydrogen-bond donors (Lipinski definition) is 0. The van der Waals surface area contributed by atoms with Crippen LogP contribution in [0.5, 0.6) is 0 Å². The Kier molecular flexibility index (Phi) is 4.32. The van der Waals surface area contributed by atoms with Crippen LogP contribution >= 0.6 is 11.6 Å². The number of rotatable bonds is 3. The van der Waals surface area contributed by atoms with E-state index in [4.69, 9.17) is 16.3 Å². The average Bonchev–Trinajstić information content (AvgIpc) is 3.04. The Balaban J connectivity index is 2.12. The van der Waals surface area contributed by atoms with Crippen molar-refractivity contribution in [1.29, 1.82) is 0 Å². The van der Waals surface area contributed by atoms with E-state index in [-0.39, 0.29) is 10.6 Å². The molecule has 1 saturated heterocycles. The van der Waals surface area contributed by atoms with Gasteiger partial charge < -0.3 is 4.74 Å². The van der Waals surface area contributed by atoms with Crippen molar-refractivity contribution in [2.75, 3.05) is 6.61 Å². The van der Waals surface area contributed by atoms with Gasteiger partial charge in [-0.3, -0.25) is 13.9 Å². The first-order valence-electron chi connectivity index (χ1n) is 7.05. The molecule has 5 nitrogen and oxygen atoms in total. The van der Waals surface area contributed by atoms with E-state index in [0.29, 0.717) is 17.6 Å². The monoisotopic (exact) mass is 342 g/mol. The summed E-state index contributed by atoms with van der Waals surface area (Å²) in [5.74, 6) is -1.77. The summed E-state index contributed by atoms with van der Waals surface area (Å²) in [5, 5.41) is 0.0595. The van der Waals surface area contributed by atoms with Crippen LogP contribution in [0.25, 0.3) is 0 Å². The fourth-order valence-electron chi connectivity index (χ4n) is 2.56. The van der Waals surface area contributed by atoms with Gasteiger partial charge in [-0.05, 0) is 25.0 Å². The first-order valence-corrected chi connectivity index (χ1v) is 7.43. The van der Waals surface area contributed by atoms with Crippen LogP contribution in [0.3, 0.4) is 0 Å². The zero-order valence-electron chi connectivity index (χ0n) is 12.0. The van der Waals surface area contributed by atoms with Gasteiger partial charge in [0.2, 0.25) is 5.82 Å². The molecule has 2 heterocycles. The number of benzene rings is 1. The number of hydrogen-bond acceptors (Lipinski definition) is 3. The number of aromatic nitrogens is 2. The molecule has 0 spiro atoms. The third-order valence-electron chi connectivity index (χ3n) is 3.75. The van der Waals surface area contributed by atoms with Crippen LogP contribution in [0.1, 0.15) is 24.6 Å². The SMILES string of the molecule is O=c1c(F)cn([C@H]2CCCO2)c(=O)n1Cc1c(F)cccc1Cl. The average molecular weight is 343 g/mol. The Morgan fingerprint density at radius 3 is 2.70 bits per heavy atom. The van der Waals surface area contributed by atoms with E-state index in [1.807, 2.05) is 0 Å². The minimum atomic E-state index is -1.12. The first-order chi connectivity index (χ1) is 11.0. The van der Waals surface area contributed by atoms with Gasteiger partial charge >= 0.3 is 5.69 Å². The molecule has 1 aliphatic rings. The highest BCUT2D eigenvalue weighted by Crippen LogP contribution is 2.22. The minimum Gasteiger partial charge on any atom is -0.358 e. The van der Waals surface area contributed by atoms with Gasteiger partial charge in [0.15, 0.2) is 0 Å². The molecule has 0 bridgehead atoms. The lowest BCUT2D eigenvalue weighted by Gasteiger charge is -2.16. The van der Waals surface area contributed by atoms with Crippen LogP contribution < -0.4 is 11.2 Å². The van der Waals surface area contributed by atoms with Crippen molar-refractivity contribution < 1.29 is 13.5 Å². The highest BCUT2D eigenvalue weighted by atomic mass is 35.5. The lowest BCUT2D eigenvalue weighted by molar-refractivity contribution is 0.0504. The first kappa shape index (κ1) is 15.9. The Bertz CT molecular complexity index is 837. The smallest absolute Gasteiger partial charge is 0.333 e. The number of nitrogens with zero attached hydrogens (tertiary/aromatic N) is 2. The van der Waals surface area contributed by atoms with Crippen molar-refractivity contribution in [2.45, 2.75) is 25.6 Å². The third kappa shape index (κ3) is 2.94. The zero-order valence-corrected chi connectivity index (χ0v) is 12.7. The highest BCUT2D eigenvalue weighted by Gasteiger charge is 2.23. The van der Waals surface area contributed by atoms with E-state index in [1.54, 1.807) is 0 Å². The molecular weight excluding hydrogens is 330 g/mol. The molecule has 23 heavy (non-hydrogen) atoms. The van der Waals surface area contributed by atoms with Crippen molar-refractivity contribution in [1.82, 2.24) is 9.13 Å². The van der Waals surface area contributed by atoms with Crippen LogP contribution in [0, 0.1) is 11.6 Å². The normalized spacial score (nSPS) is 17.6. The van der Waals surface area contributed by atoms with E-state index < -0.39 is 35.7 Å². The van der Waals surface area contributed by atoms with Gasteiger partial charge in [0.25, 0.3) is 5.56 Å². The van der Waals surface area contributed by atoms with E-state index in [2.05, 4.69) is 0 Å². The Morgan fingerprint density at radius 1 is 1.26 bits per heavy atom.